The first-order valence-corrected chi connectivity index (χ1v) is 8.32. The average Bonchev–Trinajstić information content (AvgIpc) is 3.04. The maximum absolute atomic E-state index is 12.5. The van der Waals surface area contributed by atoms with Crippen LogP contribution in [0.15, 0.2) is 24.3 Å². The third kappa shape index (κ3) is 3.11. The molecule has 0 bridgehead atoms. The van der Waals surface area contributed by atoms with Crippen molar-refractivity contribution in [2.75, 3.05) is 13.6 Å². The number of benzene rings is 1. The van der Waals surface area contributed by atoms with Gasteiger partial charge in [0.2, 0.25) is 5.91 Å². The monoisotopic (exact) mass is 314 g/mol. The summed E-state index contributed by atoms with van der Waals surface area (Å²) < 4.78 is 1.88. The third-order valence-electron chi connectivity index (χ3n) is 4.89. The van der Waals surface area contributed by atoms with Crippen LogP contribution in [0.4, 0.5) is 0 Å². The zero-order valence-corrected chi connectivity index (χ0v) is 14.5. The van der Waals surface area contributed by atoms with Crippen LogP contribution < -0.4 is 5.32 Å². The first-order chi connectivity index (χ1) is 10.9. The zero-order valence-electron chi connectivity index (χ0n) is 14.5. The van der Waals surface area contributed by atoms with E-state index >= 15 is 0 Å². The van der Waals surface area contributed by atoms with E-state index in [4.69, 9.17) is 0 Å². The Morgan fingerprint density at radius 3 is 2.78 bits per heavy atom. The molecule has 5 nitrogen and oxygen atoms in total. The fourth-order valence-corrected chi connectivity index (χ4v) is 3.59. The number of carbonyl (C=O) groups excluding carboxylic acids is 1. The maximum atomic E-state index is 12.5. The Morgan fingerprint density at radius 1 is 1.35 bits per heavy atom. The highest BCUT2D eigenvalue weighted by Gasteiger charge is 2.30. The molecule has 1 fully saturated rings. The Balaban J connectivity index is 1.79. The summed E-state index contributed by atoms with van der Waals surface area (Å²) in [5, 5.41) is 8.93. The molecule has 1 atom stereocenters. The molecular formula is C18H26N4O. The minimum atomic E-state index is -0.491. The number of hydrogen-bond donors (Lipinski definition) is 1. The maximum Gasteiger partial charge on any atom is 0.222 e. The van der Waals surface area contributed by atoms with Gasteiger partial charge in [-0.3, -0.25) is 9.48 Å². The van der Waals surface area contributed by atoms with E-state index in [0.29, 0.717) is 12.5 Å². The molecule has 1 aliphatic rings. The van der Waals surface area contributed by atoms with Gasteiger partial charge in [0, 0.05) is 24.9 Å². The molecule has 2 aromatic rings. The zero-order chi connectivity index (χ0) is 16.6. The predicted molar refractivity (Wildman–Crippen MR) is 92.2 cm³/mol. The van der Waals surface area contributed by atoms with Crippen LogP contribution in [0.25, 0.3) is 10.9 Å². The summed E-state index contributed by atoms with van der Waals surface area (Å²) in [5.41, 5.74) is 1.51. The van der Waals surface area contributed by atoms with Gasteiger partial charge in [-0.25, -0.2) is 0 Å². The van der Waals surface area contributed by atoms with Crippen LogP contribution in [0.3, 0.4) is 0 Å². The molecule has 1 unspecified atom stereocenters. The van der Waals surface area contributed by atoms with Gasteiger partial charge in [-0.15, -0.1) is 0 Å². The Hall–Kier alpha value is -1.88. The number of amides is 1. The summed E-state index contributed by atoms with van der Waals surface area (Å²) in [6.07, 6.45) is 2.85. The molecule has 1 aliphatic heterocycles. The van der Waals surface area contributed by atoms with Gasteiger partial charge < -0.3 is 10.2 Å². The van der Waals surface area contributed by atoms with Crippen LogP contribution in [0.5, 0.6) is 0 Å². The smallest absolute Gasteiger partial charge is 0.222 e. The summed E-state index contributed by atoms with van der Waals surface area (Å²) in [6, 6.07) is 8.51. The van der Waals surface area contributed by atoms with E-state index in [1.54, 1.807) is 0 Å². The van der Waals surface area contributed by atoms with E-state index in [0.717, 1.165) is 29.6 Å². The molecule has 5 heteroatoms. The second kappa shape index (κ2) is 5.96. The highest BCUT2D eigenvalue weighted by atomic mass is 16.1. The number of rotatable bonds is 4. The number of nitrogens with one attached hydrogen (secondary N) is 1. The van der Waals surface area contributed by atoms with Crippen molar-refractivity contribution in [2.45, 2.75) is 44.7 Å². The average molecular weight is 314 g/mol. The molecule has 23 heavy (non-hydrogen) atoms. The van der Waals surface area contributed by atoms with Crippen molar-refractivity contribution in [3.63, 3.8) is 0 Å². The summed E-state index contributed by atoms with van der Waals surface area (Å²) in [5.74, 6) is 0.100. The molecule has 2 heterocycles. The van der Waals surface area contributed by atoms with E-state index < -0.39 is 5.54 Å². The standard InChI is InChI=1S/C18H26N4O/c1-18(2,19-16(23)12-13-8-7-11-21(13)3)17-14-9-5-6-10-15(14)22(4)20-17/h5-6,9-10,13H,7-8,11-12H2,1-4H3,(H,19,23). The van der Waals surface area contributed by atoms with Crippen molar-refractivity contribution >= 4 is 16.8 Å². The second-order valence-corrected chi connectivity index (χ2v) is 7.14. The highest BCUT2D eigenvalue weighted by molar-refractivity contribution is 5.84. The third-order valence-corrected chi connectivity index (χ3v) is 4.89. The summed E-state index contributed by atoms with van der Waals surface area (Å²) in [7, 11) is 4.04. The minimum Gasteiger partial charge on any atom is -0.345 e. The van der Waals surface area contributed by atoms with E-state index in [-0.39, 0.29) is 5.91 Å². The Kier molecular flexibility index (Phi) is 4.15. The lowest BCUT2D eigenvalue weighted by molar-refractivity contribution is -0.123. The fraction of sp³-hybridized carbons (Fsp3) is 0.556. The number of para-hydroxylation sites is 1. The molecule has 0 spiro atoms. The first kappa shape index (κ1) is 16.0. The molecule has 0 radical (unpaired) electrons. The lowest BCUT2D eigenvalue weighted by Crippen LogP contribution is -2.43. The number of carbonyl (C=O) groups is 1. The lowest BCUT2D eigenvalue weighted by Gasteiger charge is -2.27. The largest absolute Gasteiger partial charge is 0.345 e. The number of hydrogen-bond acceptors (Lipinski definition) is 3. The van der Waals surface area contributed by atoms with Crippen LogP contribution in [-0.2, 0) is 17.4 Å². The molecule has 0 saturated carbocycles. The molecular weight excluding hydrogens is 288 g/mol. The molecule has 1 aromatic carbocycles. The predicted octanol–water partition coefficient (Wildman–Crippen LogP) is 2.41. The normalized spacial score (nSPS) is 19.4. The van der Waals surface area contributed by atoms with Gasteiger partial charge in [0.05, 0.1) is 16.7 Å². The summed E-state index contributed by atoms with van der Waals surface area (Å²) >= 11 is 0. The van der Waals surface area contributed by atoms with Gasteiger partial charge in [0.1, 0.15) is 0 Å². The number of aromatic nitrogens is 2. The SMILES string of the molecule is CN1CCCC1CC(=O)NC(C)(C)c1nn(C)c2ccccc12. The number of nitrogens with zero attached hydrogens (tertiary/aromatic N) is 3. The minimum absolute atomic E-state index is 0.100. The van der Waals surface area contributed by atoms with Crippen molar-refractivity contribution < 1.29 is 4.79 Å². The van der Waals surface area contributed by atoms with Gasteiger partial charge in [-0.1, -0.05) is 18.2 Å². The van der Waals surface area contributed by atoms with E-state index in [2.05, 4.69) is 34.5 Å². The van der Waals surface area contributed by atoms with Crippen molar-refractivity contribution in [3.8, 4) is 0 Å². The fourth-order valence-electron chi connectivity index (χ4n) is 3.59. The van der Waals surface area contributed by atoms with Crippen LogP contribution in [-0.4, -0.2) is 40.2 Å². The van der Waals surface area contributed by atoms with E-state index in [1.165, 1.54) is 6.42 Å². The molecule has 0 aliphatic carbocycles. The second-order valence-electron chi connectivity index (χ2n) is 7.14. The first-order valence-electron chi connectivity index (χ1n) is 8.32. The topological polar surface area (TPSA) is 50.2 Å². The van der Waals surface area contributed by atoms with E-state index in [9.17, 15) is 4.79 Å². The molecule has 124 valence electrons. The number of likely N-dealkylation sites (tertiary alicyclic amines) is 1. The quantitative estimate of drug-likeness (QED) is 0.943. The molecule has 1 aromatic heterocycles. The van der Waals surface area contributed by atoms with Crippen molar-refractivity contribution in [1.82, 2.24) is 20.0 Å². The van der Waals surface area contributed by atoms with Crippen molar-refractivity contribution in [3.05, 3.63) is 30.0 Å². The van der Waals surface area contributed by atoms with Crippen LogP contribution >= 0.6 is 0 Å². The van der Waals surface area contributed by atoms with Crippen LogP contribution in [0, 0.1) is 0 Å². The van der Waals surface area contributed by atoms with Gasteiger partial charge in [-0.2, -0.15) is 5.10 Å². The number of aryl methyl sites for hydroxylation is 1. The lowest BCUT2D eigenvalue weighted by atomic mass is 9.96. The van der Waals surface area contributed by atoms with Gasteiger partial charge in [0.15, 0.2) is 0 Å². The Bertz CT molecular complexity index is 719. The molecule has 1 saturated heterocycles. The molecule has 1 amide bonds. The van der Waals surface area contributed by atoms with Crippen molar-refractivity contribution in [1.29, 1.82) is 0 Å². The van der Waals surface area contributed by atoms with Gasteiger partial charge in [-0.05, 0) is 46.3 Å². The summed E-state index contributed by atoms with van der Waals surface area (Å²) in [4.78, 5) is 14.8. The van der Waals surface area contributed by atoms with Crippen molar-refractivity contribution in [2.24, 2.45) is 7.05 Å². The summed E-state index contributed by atoms with van der Waals surface area (Å²) in [6.45, 7) is 5.14. The highest BCUT2D eigenvalue weighted by Crippen LogP contribution is 2.28. The van der Waals surface area contributed by atoms with Crippen LogP contribution in [0.2, 0.25) is 0 Å². The Morgan fingerprint density at radius 2 is 2.09 bits per heavy atom. The number of fused-ring (bicyclic) bond motifs is 1. The molecule has 1 N–H and O–H groups in total. The molecule has 3 rings (SSSR count). The van der Waals surface area contributed by atoms with Gasteiger partial charge >= 0.3 is 0 Å². The Labute approximate surface area is 137 Å². The van der Waals surface area contributed by atoms with Crippen LogP contribution in [0.1, 0.15) is 38.8 Å². The van der Waals surface area contributed by atoms with Gasteiger partial charge in [0.25, 0.3) is 0 Å². The van der Waals surface area contributed by atoms with E-state index in [1.807, 2.05) is 37.7 Å².